The number of ether oxygens (including phenoxy) is 3. The van der Waals surface area contributed by atoms with Crippen molar-refractivity contribution in [2.45, 2.75) is 27.4 Å². The van der Waals surface area contributed by atoms with Crippen LogP contribution in [0, 0.1) is 20.8 Å². The summed E-state index contributed by atoms with van der Waals surface area (Å²) in [6.07, 6.45) is -0.902. The summed E-state index contributed by atoms with van der Waals surface area (Å²) >= 11 is 0. The Balaban J connectivity index is 1.69. The predicted molar refractivity (Wildman–Crippen MR) is 164 cm³/mol. The molecule has 5 N–H and O–H groups in total. The molecule has 2 heterocycles. The highest BCUT2D eigenvalue weighted by atomic mass is 16.6. The van der Waals surface area contributed by atoms with Crippen molar-refractivity contribution in [2.75, 3.05) is 36.1 Å². The van der Waals surface area contributed by atoms with Crippen LogP contribution >= 0.6 is 0 Å². The van der Waals surface area contributed by atoms with Crippen LogP contribution in [0.25, 0.3) is 0 Å². The van der Waals surface area contributed by atoms with Crippen molar-refractivity contribution in [3.8, 4) is 0 Å². The lowest BCUT2D eigenvalue weighted by Crippen LogP contribution is -2.28. The molecule has 4 aromatic rings. The van der Waals surface area contributed by atoms with E-state index < -0.39 is 29.8 Å². The van der Waals surface area contributed by atoms with Crippen LogP contribution in [0.3, 0.4) is 0 Å². The summed E-state index contributed by atoms with van der Waals surface area (Å²) in [6.45, 7) is 4.43. The molecule has 2 aromatic carbocycles. The summed E-state index contributed by atoms with van der Waals surface area (Å²) in [5, 5.41) is 2.73. The number of methoxy groups -OCH3 is 2. The zero-order chi connectivity index (χ0) is 32.8. The van der Waals surface area contributed by atoms with Crippen molar-refractivity contribution in [1.82, 2.24) is 9.35 Å². The van der Waals surface area contributed by atoms with Crippen molar-refractivity contribution in [3.05, 3.63) is 106 Å². The van der Waals surface area contributed by atoms with Gasteiger partial charge in [0.2, 0.25) is 0 Å². The van der Waals surface area contributed by atoms with Crippen LogP contribution in [-0.4, -0.2) is 53.4 Å². The average molecular weight is 617 g/mol. The van der Waals surface area contributed by atoms with Gasteiger partial charge in [-0.25, -0.2) is 24.5 Å². The quantitative estimate of drug-likeness (QED) is 0.160. The standard InChI is InChI=1S/C31H32N6O8/c1-17-22(27(38)33-21-14-10-7-11-15-21)23(29(40)43-4)18(2)36(17)34-28(39)25-24(30(41)44-5)19(3)37(26(25)32)35-31(42)45-16-20-12-8-6-9-13-20/h6-15H,16,32H2,1-5H3,(H,33,38)(H,34,39)(H,35,42). The normalized spacial score (nSPS) is 10.5. The maximum atomic E-state index is 13.8. The van der Waals surface area contributed by atoms with E-state index in [1.165, 1.54) is 32.6 Å². The first kappa shape index (κ1) is 31.9. The Morgan fingerprint density at radius 3 is 1.76 bits per heavy atom. The Labute approximate surface area is 258 Å². The minimum Gasteiger partial charge on any atom is -0.465 e. The molecule has 0 radical (unpaired) electrons. The lowest BCUT2D eigenvalue weighted by Gasteiger charge is -2.13. The monoisotopic (exact) mass is 616 g/mol. The molecule has 14 nitrogen and oxygen atoms in total. The smallest absolute Gasteiger partial charge is 0.426 e. The van der Waals surface area contributed by atoms with Gasteiger partial charge in [0.25, 0.3) is 11.8 Å². The molecule has 0 unspecified atom stereocenters. The van der Waals surface area contributed by atoms with Crippen molar-refractivity contribution in [3.63, 3.8) is 0 Å². The Kier molecular flexibility index (Phi) is 9.56. The Hall–Kier alpha value is -6.05. The molecule has 2 aromatic heterocycles. The second-order valence-corrected chi connectivity index (χ2v) is 9.73. The van der Waals surface area contributed by atoms with Gasteiger partial charge in [0.15, 0.2) is 0 Å². The number of hydrogen-bond donors (Lipinski definition) is 4. The minimum atomic E-state index is -0.902. The molecule has 0 aliphatic heterocycles. The summed E-state index contributed by atoms with van der Waals surface area (Å²) < 4.78 is 17.3. The van der Waals surface area contributed by atoms with Gasteiger partial charge in [0.1, 0.15) is 12.4 Å². The fraction of sp³-hybridized carbons (Fsp3) is 0.194. The number of aromatic nitrogens is 2. The number of benzene rings is 2. The largest absolute Gasteiger partial charge is 0.465 e. The van der Waals surface area contributed by atoms with Gasteiger partial charge in [0.05, 0.1) is 53.6 Å². The fourth-order valence-electron chi connectivity index (χ4n) is 4.79. The molecule has 0 saturated heterocycles. The molecule has 4 rings (SSSR count). The fourth-order valence-corrected chi connectivity index (χ4v) is 4.79. The van der Waals surface area contributed by atoms with Crippen LogP contribution in [-0.2, 0) is 20.8 Å². The Morgan fingerprint density at radius 2 is 1.18 bits per heavy atom. The Bertz CT molecular complexity index is 1780. The van der Waals surface area contributed by atoms with Crippen LogP contribution in [0.4, 0.5) is 16.3 Å². The van der Waals surface area contributed by atoms with Crippen molar-refractivity contribution in [2.24, 2.45) is 0 Å². The van der Waals surface area contributed by atoms with Gasteiger partial charge in [-0.05, 0) is 38.5 Å². The van der Waals surface area contributed by atoms with E-state index in [0.717, 1.165) is 17.3 Å². The first-order valence-corrected chi connectivity index (χ1v) is 13.5. The van der Waals surface area contributed by atoms with E-state index in [9.17, 15) is 24.0 Å². The number of anilines is 2. The van der Waals surface area contributed by atoms with E-state index >= 15 is 0 Å². The highest BCUT2D eigenvalue weighted by molar-refractivity contribution is 6.15. The number of amides is 3. The highest BCUT2D eigenvalue weighted by Gasteiger charge is 2.33. The zero-order valence-corrected chi connectivity index (χ0v) is 25.2. The number of nitrogens with zero attached hydrogens (tertiary/aromatic N) is 2. The van der Waals surface area contributed by atoms with Gasteiger partial charge in [-0.1, -0.05) is 48.5 Å². The highest BCUT2D eigenvalue weighted by Crippen LogP contribution is 2.28. The molecule has 0 atom stereocenters. The molecule has 0 saturated carbocycles. The SMILES string of the molecule is COC(=O)c1c(C(=O)Nc2ccccc2)c(C)n(NC(=O)c2c(C(=O)OC)c(C)n(NC(=O)OCc3ccccc3)c2N)c1C. The van der Waals surface area contributed by atoms with E-state index in [-0.39, 0.29) is 51.8 Å². The molecule has 0 bridgehead atoms. The second kappa shape index (κ2) is 13.5. The van der Waals surface area contributed by atoms with E-state index in [0.29, 0.717) is 5.69 Å². The van der Waals surface area contributed by atoms with E-state index in [1.54, 1.807) is 54.6 Å². The van der Waals surface area contributed by atoms with Gasteiger partial charge in [0, 0.05) is 5.69 Å². The third-order valence-electron chi connectivity index (χ3n) is 6.98. The third kappa shape index (κ3) is 6.49. The van der Waals surface area contributed by atoms with Crippen LogP contribution in [0.2, 0.25) is 0 Å². The van der Waals surface area contributed by atoms with Gasteiger partial charge >= 0.3 is 18.0 Å². The van der Waals surface area contributed by atoms with Crippen LogP contribution in [0.15, 0.2) is 60.7 Å². The molecule has 45 heavy (non-hydrogen) atoms. The number of para-hydroxylation sites is 1. The van der Waals surface area contributed by atoms with Gasteiger partial charge in [-0.2, -0.15) is 0 Å². The average Bonchev–Trinajstić information content (AvgIpc) is 3.44. The molecule has 0 spiro atoms. The van der Waals surface area contributed by atoms with E-state index in [1.807, 2.05) is 6.07 Å². The zero-order valence-electron chi connectivity index (χ0n) is 25.2. The number of carbonyl (C=O) groups is 5. The first-order valence-electron chi connectivity index (χ1n) is 13.5. The summed E-state index contributed by atoms with van der Waals surface area (Å²) in [5.74, 6) is -3.54. The molecular weight excluding hydrogens is 584 g/mol. The van der Waals surface area contributed by atoms with E-state index in [2.05, 4.69) is 16.2 Å². The van der Waals surface area contributed by atoms with Crippen molar-refractivity contribution >= 4 is 41.4 Å². The minimum absolute atomic E-state index is 0.0405. The molecule has 0 aliphatic carbocycles. The molecular formula is C31H32N6O8. The summed E-state index contributed by atoms with van der Waals surface area (Å²) in [4.78, 5) is 65.4. The van der Waals surface area contributed by atoms with Crippen LogP contribution in [0.1, 0.15) is 64.1 Å². The third-order valence-corrected chi connectivity index (χ3v) is 6.98. The number of nitrogens with two attached hydrogens (primary N) is 1. The maximum absolute atomic E-state index is 13.8. The van der Waals surface area contributed by atoms with Gasteiger partial charge in [-0.3, -0.25) is 19.7 Å². The van der Waals surface area contributed by atoms with E-state index in [4.69, 9.17) is 19.9 Å². The molecule has 0 aliphatic rings. The number of nitrogens with one attached hydrogen (secondary N) is 3. The second-order valence-electron chi connectivity index (χ2n) is 9.73. The summed E-state index contributed by atoms with van der Waals surface area (Å²) in [7, 11) is 2.29. The predicted octanol–water partition coefficient (Wildman–Crippen LogP) is 3.89. The molecule has 0 fully saturated rings. The number of esters is 2. The lowest BCUT2D eigenvalue weighted by molar-refractivity contribution is 0.0589. The van der Waals surface area contributed by atoms with Crippen LogP contribution < -0.4 is 21.9 Å². The molecule has 14 heteroatoms. The summed E-state index contributed by atoms with van der Waals surface area (Å²) in [6, 6.07) is 17.5. The van der Waals surface area contributed by atoms with Gasteiger partial charge in [-0.15, -0.1) is 0 Å². The van der Waals surface area contributed by atoms with Crippen molar-refractivity contribution < 1.29 is 38.2 Å². The topological polar surface area (TPSA) is 185 Å². The van der Waals surface area contributed by atoms with Gasteiger partial charge < -0.3 is 25.3 Å². The first-order chi connectivity index (χ1) is 21.5. The summed E-state index contributed by atoms with van der Waals surface area (Å²) in [5.41, 5.74) is 12.3. The number of rotatable bonds is 9. The number of nitrogen functional groups attached to an aromatic ring is 1. The maximum Gasteiger partial charge on any atom is 0.426 e. The lowest BCUT2D eigenvalue weighted by atomic mass is 10.1. The number of carbonyl (C=O) groups excluding carboxylic acids is 5. The molecule has 3 amide bonds. The van der Waals surface area contributed by atoms with Crippen molar-refractivity contribution in [1.29, 1.82) is 0 Å². The Morgan fingerprint density at radius 1 is 0.667 bits per heavy atom. The number of hydrogen-bond acceptors (Lipinski definition) is 9. The molecule has 234 valence electrons. The van der Waals surface area contributed by atoms with Crippen LogP contribution in [0.5, 0.6) is 0 Å².